The van der Waals surface area contributed by atoms with E-state index in [1.165, 1.54) is 25.3 Å². The zero-order valence-corrected chi connectivity index (χ0v) is 18.1. The molecule has 0 fully saturated rings. The predicted octanol–water partition coefficient (Wildman–Crippen LogP) is 2.04. The van der Waals surface area contributed by atoms with Crippen molar-refractivity contribution in [2.24, 2.45) is 5.92 Å². The van der Waals surface area contributed by atoms with Gasteiger partial charge in [-0.15, -0.1) is 0 Å². The van der Waals surface area contributed by atoms with Crippen LogP contribution in [0.25, 0.3) is 0 Å². The summed E-state index contributed by atoms with van der Waals surface area (Å²) in [4.78, 5) is 35.8. The molecule has 0 spiro atoms. The average Bonchev–Trinajstić information content (AvgIpc) is 2.77. The minimum atomic E-state index is -0.902. The van der Waals surface area contributed by atoms with Crippen molar-refractivity contribution in [1.29, 1.82) is 0 Å². The highest BCUT2D eigenvalue weighted by atomic mass is 32.1. The van der Waals surface area contributed by atoms with Crippen molar-refractivity contribution in [3.05, 3.63) is 59.9 Å². The number of benzene rings is 2. The molecule has 2 rings (SSSR count). The molecule has 2 aromatic rings. The quantitative estimate of drug-likeness (QED) is 0.134. The van der Waals surface area contributed by atoms with Crippen molar-refractivity contribution in [1.82, 2.24) is 16.2 Å². The third-order valence-corrected chi connectivity index (χ3v) is 4.79. The third-order valence-electron chi connectivity index (χ3n) is 4.07. The number of aldehydes is 1. The summed E-state index contributed by atoms with van der Waals surface area (Å²) in [5.74, 6) is -1.85. The number of methoxy groups -OCH3 is 1. The number of thiol groups is 1. The Morgan fingerprint density at radius 3 is 2.45 bits per heavy atom. The second-order valence-corrected chi connectivity index (χ2v) is 7.22. The van der Waals surface area contributed by atoms with Crippen molar-refractivity contribution in [2.45, 2.75) is 11.8 Å². The molecule has 0 radical (unpaired) electrons. The zero-order valence-electron chi connectivity index (χ0n) is 16.4. The van der Waals surface area contributed by atoms with Crippen molar-refractivity contribution in [2.75, 3.05) is 12.4 Å². The van der Waals surface area contributed by atoms with Gasteiger partial charge >= 0.3 is 0 Å². The Bertz CT molecular complexity index is 943. The van der Waals surface area contributed by atoms with Crippen LogP contribution in [0.4, 0.5) is 10.1 Å². The van der Waals surface area contributed by atoms with E-state index < -0.39 is 28.9 Å². The number of halogens is 1. The maximum absolute atomic E-state index is 13.6. The molecular formula is C20H21FN4O4S2. The standard InChI is InChI=1S/C20H21FN4O4S2/c1-29-14-8-6-12(7-9-14)18(28)23-19(30)13(11-26)10-17(27)24-25-20(31)22-16-5-3-2-4-15(16)21/h2-9,11,13,19,30H,10H2,1H3,(H,23,28)(H,24,27)(H2,22,25,31). The van der Waals surface area contributed by atoms with Crippen LogP contribution in [0.5, 0.6) is 5.75 Å². The molecular weight excluding hydrogens is 443 g/mol. The molecule has 0 aromatic heterocycles. The Hall–Kier alpha value is -3.18. The van der Waals surface area contributed by atoms with E-state index in [4.69, 9.17) is 17.0 Å². The first-order chi connectivity index (χ1) is 14.8. The van der Waals surface area contributed by atoms with Gasteiger partial charge in [0.25, 0.3) is 5.91 Å². The lowest BCUT2D eigenvalue weighted by molar-refractivity contribution is -0.125. The molecule has 0 saturated heterocycles. The summed E-state index contributed by atoms with van der Waals surface area (Å²) in [5.41, 5.74) is 5.21. The van der Waals surface area contributed by atoms with E-state index in [-0.39, 0.29) is 17.2 Å². The summed E-state index contributed by atoms with van der Waals surface area (Å²) in [7, 11) is 1.51. The number of para-hydroxylation sites is 1. The first kappa shape index (κ1) is 24.1. The Kier molecular flexibility index (Phi) is 9.22. The van der Waals surface area contributed by atoms with Crippen LogP contribution >= 0.6 is 24.8 Å². The number of nitrogens with one attached hydrogen (secondary N) is 4. The second kappa shape index (κ2) is 11.9. The van der Waals surface area contributed by atoms with E-state index in [9.17, 15) is 18.8 Å². The molecule has 2 aromatic carbocycles. The Morgan fingerprint density at radius 1 is 1.16 bits per heavy atom. The van der Waals surface area contributed by atoms with Crippen LogP contribution in [-0.2, 0) is 9.59 Å². The van der Waals surface area contributed by atoms with Crippen LogP contribution in [0, 0.1) is 11.7 Å². The normalized spacial score (nSPS) is 12.1. The van der Waals surface area contributed by atoms with Gasteiger partial charge in [0.2, 0.25) is 5.91 Å². The third kappa shape index (κ3) is 7.54. The van der Waals surface area contributed by atoms with Crippen LogP contribution in [0.15, 0.2) is 48.5 Å². The van der Waals surface area contributed by atoms with Gasteiger partial charge in [-0.25, -0.2) is 4.39 Å². The van der Waals surface area contributed by atoms with E-state index >= 15 is 0 Å². The Labute approximate surface area is 189 Å². The number of hydrazine groups is 1. The lowest BCUT2D eigenvalue weighted by Gasteiger charge is -2.19. The SMILES string of the molecule is COc1ccc(C(=O)NC(S)C(C=O)CC(=O)NNC(=S)Nc2ccccc2F)cc1. The first-order valence-electron chi connectivity index (χ1n) is 9.02. The molecule has 4 N–H and O–H groups in total. The average molecular weight is 465 g/mol. The molecule has 2 amide bonds. The highest BCUT2D eigenvalue weighted by Gasteiger charge is 2.23. The Morgan fingerprint density at radius 2 is 1.84 bits per heavy atom. The summed E-state index contributed by atoms with van der Waals surface area (Å²) in [6, 6.07) is 12.2. The van der Waals surface area contributed by atoms with Gasteiger partial charge in [0, 0.05) is 12.0 Å². The highest BCUT2D eigenvalue weighted by molar-refractivity contribution is 7.81. The number of carbonyl (C=O) groups excluding carboxylic acids is 3. The topological polar surface area (TPSA) is 109 Å². The fourth-order valence-electron chi connectivity index (χ4n) is 2.41. The van der Waals surface area contributed by atoms with Gasteiger partial charge in [-0.2, -0.15) is 12.6 Å². The zero-order chi connectivity index (χ0) is 22.8. The molecule has 0 bridgehead atoms. The number of rotatable bonds is 8. The van der Waals surface area contributed by atoms with Gasteiger partial charge in [-0.05, 0) is 48.6 Å². The van der Waals surface area contributed by atoms with Crippen LogP contribution < -0.4 is 26.2 Å². The van der Waals surface area contributed by atoms with Crippen LogP contribution in [0.2, 0.25) is 0 Å². The van der Waals surface area contributed by atoms with E-state index in [1.807, 2.05) is 0 Å². The number of hydrogen-bond donors (Lipinski definition) is 5. The van der Waals surface area contributed by atoms with Crippen LogP contribution in [-0.4, -0.2) is 35.7 Å². The van der Waals surface area contributed by atoms with Crippen molar-refractivity contribution < 1.29 is 23.5 Å². The van der Waals surface area contributed by atoms with E-state index in [2.05, 4.69) is 34.1 Å². The van der Waals surface area contributed by atoms with Crippen molar-refractivity contribution in [3.63, 3.8) is 0 Å². The van der Waals surface area contributed by atoms with Crippen molar-refractivity contribution in [3.8, 4) is 5.75 Å². The number of ether oxygens (including phenoxy) is 1. The molecule has 11 heteroatoms. The van der Waals surface area contributed by atoms with Gasteiger partial charge in [0.05, 0.1) is 24.1 Å². The molecule has 2 unspecified atom stereocenters. The number of amides is 2. The molecule has 31 heavy (non-hydrogen) atoms. The molecule has 164 valence electrons. The summed E-state index contributed by atoms with van der Waals surface area (Å²) < 4.78 is 18.6. The van der Waals surface area contributed by atoms with Crippen LogP contribution in [0.1, 0.15) is 16.8 Å². The lowest BCUT2D eigenvalue weighted by atomic mass is 10.1. The predicted molar refractivity (Wildman–Crippen MR) is 121 cm³/mol. The van der Waals surface area contributed by atoms with Crippen LogP contribution in [0.3, 0.4) is 0 Å². The minimum absolute atomic E-state index is 0.0451. The lowest BCUT2D eigenvalue weighted by Crippen LogP contribution is -2.46. The van der Waals surface area contributed by atoms with Gasteiger partial charge < -0.3 is 20.2 Å². The van der Waals surface area contributed by atoms with Gasteiger partial charge in [0.15, 0.2) is 5.11 Å². The van der Waals surface area contributed by atoms with Gasteiger partial charge in [0.1, 0.15) is 17.9 Å². The second-order valence-electron chi connectivity index (χ2n) is 6.26. The Balaban J connectivity index is 1.82. The fraction of sp³-hybridized carbons (Fsp3) is 0.200. The molecule has 8 nitrogen and oxygen atoms in total. The summed E-state index contributed by atoms with van der Waals surface area (Å²) in [6.07, 6.45) is 0.261. The van der Waals surface area contributed by atoms with Gasteiger partial charge in [-0.1, -0.05) is 12.1 Å². The summed E-state index contributed by atoms with van der Waals surface area (Å²) in [5, 5.41) is 4.21. The van der Waals surface area contributed by atoms with E-state index in [0.29, 0.717) is 17.6 Å². The van der Waals surface area contributed by atoms with E-state index in [0.717, 1.165) is 0 Å². The van der Waals surface area contributed by atoms with E-state index in [1.54, 1.807) is 30.3 Å². The number of anilines is 1. The number of carbonyl (C=O) groups is 3. The summed E-state index contributed by atoms with van der Waals surface area (Å²) in [6.45, 7) is 0. The monoisotopic (exact) mass is 464 g/mol. The largest absolute Gasteiger partial charge is 0.497 e. The number of hydrogen-bond acceptors (Lipinski definition) is 6. The molecule has 0 heterocycles. The smallest absolute Gasteiger partial charge is 0.252 e. The maximum atomic E-state index is 13.6. The highest BCUT2D eigenvalue weighted by Crippen LogP contribution is 2.14. The van der Waals surface area contributed by atoms with Crippen molar-refractivity contribution >= 4 is 53.7 Å². The molecule has 0 aliphatic heterocycles. The molecule has 0 saturated carbocycles. The molecule has 0 aliphatic rings. The number of thiocarbonyl (C=S) groups is 1. The minimum Gasteiger partial charge on any atom is -0.497 e. The first-order valence-corrected chi connectivity index (χ1v) is 9.95. The summed E-state index contributed by atoms with van der Waals surface area (Å²) >= 11 is 9.21. The molecule has 0 aliphatic carbocycles. The fourth-order valence-corrected chi connectivity index (χ4v) is 2.86. The maximum Gasteiger partial charge on any atom is 0.252 e. The van der Waals surface area contributed by atoms with Gasteiger partial charge in [-0.3, -0.25) is 20.4 Å². The molecule has 2 atom stereocenters.